The zero-order chi connectivity index (χ0) is 16.1. The summed E-state index contributed by atoms with van der Waals surface area (Å²) in [4.78, 5) is 8.04. The fraction of sp³-hybridized carbons (Fsp3) is 0.474. The lowest BCUT2D eigenvalue weighted by Gasteiger charge is -2.25. The Morgan fingerprint density at radius 3 is 2.87 bits per heavy atom. The van der Waals surface area contributed by atoms with Crippen LogP contribution in [0, 0.1) is 0 Å². The minimum Gasteiger partial charge on any atom is -0.379 e. The first-order chi connectivity index (χ1) is 11.2. The number of morpholine rings is 1. The maximum atomic E-state index is 5.38. The van der Waals surface area contributed by atoms with Gasteiger partial charge < -0.3 is 14.6 Å². The molecule has 0 radical (unpaired) electrons. The standard InChI is InChI=1S/C19H27N3O/c1-21(2)9-7-17-15-20-19-6-5-16(14-18(17)19)4-3-8-22-10-12-23-13-11-22/h3-6,14-15,20H,7-13H2,1-2H3/b4-3+. The number of hydrogen-bond acceptors (Lipinski definition) is 3. The van der Waals surface area contributed by atoms with Crippen LogP contribution in [0.2, 0.25) is 0 Å². The molecule has 0 atom stereocenters. The third-order valence-electron chi connectivity index (χ3n) is 4.40. The van der Waals surface area contributed by atoms with Gasteiger partial charge in [-0.05, 0) is 43.8 Å². The van der Waals surface area contributed by atoms with Gasteiger partial charge in [0, 0.05) is 43.3 Å². The number of aromatic amines is 1. The zero-order valence-corrected chi connectivity index (χ0v) is 14.2. The molecule has 1 saturated heterocycles. The minimum absolute atomic E-state index is 0.860. The average molecular weight is 313 g/mol. The summed E-state index contributed by atoms with van der Waals surface area (Å²) in [6.45, 7) is 5.87. The molecule has 0 amide bonds. The minimum atomic E-state index is 0.860. The monoisotopic (exact) mass is 313 g/mol. The second-order valence-electron chi connectivity index (χ2n) is 6.49. The van der Waals surface area contributed by atoms with Crippen molar-refractivity contribution >= 4 is 17.0 Å². The number of nitrogens with zero attached hydrogens (tertiary/aromatic N) is 2. The van der Waals surface area contributed by atoms with Gasteiger partial charge in [-0.3, -0.25) is 4.90 Å². The summed E-state index contributed by atoms with van der Waals surface area (Å²) in [6.07, 6.45) is 7.72. The van der Waals surface area contributed by atoms with Crippen molar-refractivity contribution < 1.29 is 4.74 Å². The Balaban J connectivity index is 1.67. The summed E-state index contributed by atoms with van der Waals surface area (Å²) >= 11 is 0. The van der Waals surface area contributed by atoms with Crippen molar-refractivity contribution in [1.29, 1.82) is 0 Å². The van der Waals surface area contributed by atoms with E-state index in [0.29, 0.717) is 0 Å². The van der Waals surface area contributed by atoms with Gasteiger partial charge in [-0.15, -0.1) is 0 Å². The average Bonchev–Trinajstić information content (AvgIpc) is 2.96. The van der Waals surface area contributed by atoms with Crippen LogP contribution >= 0.6 is 0 Å². The van der Waals surface area contributed by atoms with Crippen molar-refractivity contribution in [3.63, 3.8) is 0 Å². The van der Waals surface area contributed by atoms with Gasteiger partial charge in [-0.25, -0.2) is 0 Å². The van der Waals surface area contributed by atoms with Crippen LogP contribution in [0.4, 0.5) is 0 Å². The third kappa shape index (κ3) is 4.44. The van der Waals surface area contributed by atoms with Crippen molar-refractivity contribution in [2.24, 2.45) is 0 Å². The van der Waals surface area contributed by atoms with Crippen LogP contribution in [0.25, 0.3) is 17.0 Å². The molecule has 23 heavy (non-hydrogen) atoms. The van der Waals surface area contributed by atoms with Crippen LogP contribution in [-0.2, 0) is 11.2 Å². The van der Waals surface area contributed by atoms with Crippen LogP contribution in [0.1, 0.15) is 11.1 Å². The van der Waals surface area contributed by atoms with Crippen molar-refractivity contribution in [2.75, 3.05) is 53.5 Å². The molecular weight excluding hydrogens is 286 g/mol. The number of ether oxygens (including phenoxy) is 1. The van der Waals surface area contributed by atoms with Gasteiger partial charge in [0.1, 0.15) is 0 Å². The summed E-state index contributed by atoms with van der Waals surface area (Å²) in [5.74, 6) is 0. The van der Waals surface area contributed by atoms with E-state index in [0.717, 1.165) is 45.8 Å². The number of benzene rings is 1. The Labute approximate surface area is 138 Å². The molecule has 3 rings (SSSR count). The zero-order valence-electron chi connectivity index (χ0n) is 14.2. The van der Waals surface area contributed by atoms with E-state index in [1.165, 1.54) is 22.0 Å². The fourth-order valence-electron chi connectivity index (χ4n) is 2.97. The predicted molar refractivity (Wildman–Crippen MR) is 96.8 cm³/mol. The lowest BCUT2D eigenvalue weighted by Crippen LogP contribution is -2.36. The molecule has 2 heterocycles. The van der Waals surface area contributed by atoms with Crippen LogP contribution < -0.4 is 0 Å². The van der Waals surface area contributed by atoms with E-state index in [9.17, 15) is 0 Å². The molecule has 1 aromatic heterocycles. The van der Waals surface area contributed by atoms with Crippen molar-refractivity contribution in [2.45, 2.75) is 6.42 Å². The van der Waals surface area contributed by atoms with Gasteiger partial charge in [0.15, 0.2) is 0 Å². The van der Waals surface area contributed by atoms with E-state index in [1.54, 1.807) is 0 Å². The first-order valence-electron chi connectivity index (χ1n) is 8.44. The Morgan fingerprint density at radius 2 is 2.09 bits per heavy atom. The highest BCUT2D eigenvalue weighted by Gasteiger charge is 2.08. The molecular formula is C19H27N3O. The molecule has 0 spiro atoms. The van der Waals surface area contributed by atoms with Crippen LogP contribution in [-0.4, -0.2) is 68.3 Å². The number of fused-ring (bicyclic) bond motifs is 1. The smallest absolute Gasteiger partial charge is 0.0594 e. The highest BCUT2D eigenvalue weighted by Crippen LogP contribution is 2.21. The van der Waals surface area contributed by atoms with Crippen LogP contribution in [0.3, 0.4) is 0 Å². The lowest BCUT2D eigenvalue weighted by atomic mass is 10.1. The van der Waals surface area contributed by atoms with Crippen molar-refractivity contribution in [3.05, 3.63) is 41.6 Å². The second kappa shape index (κ2) is 7.77. The van der Waals surface area contributed by atoms with Crippen LogP contribution in [0.15, 0.2) is 30.5 Å². The van der Waals surface area contributed by atoms with Crippen LogP contribution in [0.5, 0.6) is 0 Å². The summed E-state index contributed by atoms with van der Waals surface area (Å²) in [5, 5.41) is 1.35. The topological polar surface area (TPSA) is 31.5 Å². The molecule has 0 unspecified atom stereocenters. The van der Waals surface area contributed by atoms with E-state index in [4.69, 9.17) is 4.74 Å². The summed E-state index contributed by atoms with van der Waals surface area (Å²) in [7, 11) is 4.24. The number of aromatic nitrogens is 1. The normalized spacial score (nSPS) is 16.8. The number of hydrogen-bond donors (Lipinski definition) is 1. The van der Waals surface area contributed by atoms with Gasteiger partial charge >= 0.3 is 0 Å². The summed E-state index contributed by atoms with van der Waals surface area (Å²) in [6, 6.07) is 6.67. The summed E-state index contributed by atoms with van der Waals surface area (Å²) in [5.41, 5.74) is 3.90. The molecule has 4 heteroatoms. The van der Waals surface area contributed by atoms with E-state index in [1.807, 2.05) is 0 Å². The molecule has 1 fully saturated rings. The molecule has 1 aliphatic rings. The van der Waals surface area contributed by atoms with Gasteiger partial charge in [0.05, 0.1) is 13.2 Å². The van der Waals surface area contributed by atoms with Crippen molar-refractivity contribution in [3.8, 4) is 0 Å². The fourth-order valence-corrected chi connectivity index (χ4v) is 2.97. The SMILES string of the molecule is CN(C)CCc1c[nH]c2ccc(/C=C/CN3CCOCC3)cc12. The van der Waals surface area contributed by atoms with Crippen molar-refractivity contribution in [1.82, 2.24) is 14.8 Å². The molecule has 0 bridgehead atoms. The molecule has 0 aliphatic carbocycles. The Kier molecular flexibility index (Phi) is 5.49. The maximum Gasteiger partial charge on any atom is 0.0594 e. The predicted octanol–water partition coefficient (Wildman–Crippen LogP) is 2.62. The summed E-state index contributed by atoms with van der Waals surface area (Å²) < 4.78 is 5.38. The first kappa shape index (κ1) is 16.2. The quantitative estimate of drug-likeness (QED) is 0.889. The molecule has 1 N–H and O–H groups in total. The number of rotatable bonds is 6. The molecule has 1 aliphatic heterocycles. The molecule has 4 nitrogen and oxygen atoms in total. The number of likely N-dealkylation sites (N-methyl/N-ethyl adjacent to an activating group) is 1. The molecule has 2 aromatic rings. The van der Waals surface area contributed by atoms with Gasteiger partial charge in [-0.1, -0.05) is 18.2 Å². The van der Waals surface area contributed by atoms with E-state index in [2.05, 4.69) is 65.4 Å². The number of nitrogens with one attached hydrogen (secondary N) is 1. The highest BCUT2D eigenvalue weighted by atomic mass is 16.5. The Morgan fingerprint density at radius 1 is 1.26 bits per heavy atom. The van der Waals surface area contributed by atoms with Gasteiger partial charge in [0.25, 0.3) is 0 Å². The van der Waals surface area contributed by atoms with E-state index >= 15 is 0 Å². The largest absolute Gasteiger partial charge is 0.379 e. The van der Waals surface area contributed by atoms with E-state index in [-0.39, 0.29) is 0 Å². The molecule has 124 valence electrons. The maximum absolute atomic E-state index is 5.38. The Bertz CT molecular complexity index is 654. The van der Waals surface area contributed by atoms with Gasteiger partial charge in [-0.2, -0.15) is 0 Å². The second-order valence-corrected chi connectivity index (χ2v) is 6.49. The number of H-pyrrole nitrogens is 1. The third-order valence-corrected chi connectivity index (χ3v) is 4.40. The first-order valence-corrected chi connectivity index (χ1v) is 8.44. The van der Waals surface area contributed by atoms with Gasteiger partial charge in [0.2, 0.25) is 0 Å². The lowest BCUT2D eigenvalue weighted by molar-refractivity contribution is 0.0435. The molecule has 1 aromatic carbocycles. The molecule has 0 saturated carbocycles. The highest BCUT2D eigenvalue weighted by molar-refractivity contribution is 5.85. The van der Waals surface area contributed by atoms with E-state index < -0.39 is 0 Å². The Hall–Kier alpha value is -1.62.